The fraction of sp³-hybridized carbons (Fsp3) is 0.318. The minimum atomic E-state index is -4.58. The third-order valence-corrected chi connectivity index (χ3v) is 5.08. The number of aliphatic carboxylic acids is 1. The van der Waals surface area contributed by atoms with E-state index in [4.69, 9.17) is 10.8 Å². The zero-order chi connectivity index (χ0) is 23.3. The number of halogens is 3. The summed E-state index contributed by atoms with van der Waals surface area (Å²) in [5.41, 5.74) is 8.88. The Hall–Kier alpha value is -3.40. The fourth-order valence-electron chi connectivity index (χ4n) is 3.58. The lowest BCUT2D eigenvalue weighted by Crippen LogP contribution is -2.28. The third kappa shape index (κ3) is 6.07. The first-order valence-corrected chi connectivity index (χ1v) is 10.0. The van der Waals surface area contributed by atoms with E-state index in [9.17, 15) is 22.8 Å². The molecule has 32 heavy (non-hydrogen) atoms. The van der Waals surface area contributed by atoms with E-state index < -0.39 is 24.5 Å². The summed E-state index contributed by atoms with van der Waals surface area (Å²) >= 11 is 0. The van der Waals surface area contributed by atoms with Crippen LogP contribution < -0.4 is 11.1 Å². The summed E-state index contributed by atoms with van der Waals surface area (Å²) in [6.45, 7) is 2.17. The Morgan fingerprint density at radius 1 is 1.19 bits per heavy atom. The van der Waals surface area contributed by atoms with E-state index in [-0.39, 0.29) is 0 Å². The Kier molecular flexibility index (Phi) is 7.14. The zero-order valence-electron chi connectivity index (χ0n) is 17.1. The average Bonchev–Trinajstić information content (AvgIpc) is 3.17. The number of alkyl halides is 3. The van der Waals surface area contributed by atoms with E-state index in [1.165, 1.54) is 18.4 Å². The Bertz CT molecular complexity index is 1090. The molecule has 10 heteroatoms. The quantitative estimate of drug-likeness (QED) is 0.565. The smallest absolute Gasteiger partial charge is 0.399 e. The number of fused-ring (bicyclic) bond motifs is 1. The van der Waals surface area contributed by atoms with Crippen molar-refractivity contribution in [2.24, 2.45) is 5.73 Å². The van der Waals surface area contributed by atoms with Crippen LogP contribution in [0.15, 0.2) is 48.7 Å². The van der Waals surface area contributed by atoms with E-state index in [1.807, 2.05) is 18.3 Å². The van der Waals surface area contributed by atoms with Gasteiger partial charge in [-0.05, 0) is 49.1 Å². The molecule has 2 heterocycles. The summed E-state index contributed by atoms with van der Waals surface area (Å²) in [7, 11) is 0. The lowest BCUT2D eigenvalue weighted by molar-refractivity contribution is -0.166. The number of rotatable bonds is 4. The molecule has 1 aromatic heterocycles. The van der Waals surface area contributed by atoms with E-state index in [1.54, 1.807) is 10.7 Å². The van der Waals surface area contributed by atoms with Gasteiger partial charge in [-0.25, -0.2) is 4.68 Å². The van der Waals surface area contributed by atoms with Gasteiger partial charge in [0.2, 0.25) is 0 Å². The number of piperidine rings is 1. The number of hydrogen-bond acceptors (Lipinski definition) is 4. The Morgan fingerprint density at radius 2 is 1.91 bits per heavy atom. The molecule has 1 unspecified atom stereocenters. The summed E-state index contributed by atoms with van der Waals surface area (Å²) in [4.78, 5) is 20.8. The molecule has 1 fully saturated rings. The van der Waals surface area contributed by atoms with E-state index in [2.05, 4.69) is 34.7 Å². The second-order valence-electron chi connectivity index (χ2n) is 7.50. The first-order chi connectivity index (χ1) is 15.1. The molecule has 1 aliphatic rings. The number of carbonyl (C=O) groups is 2. The van der Waals surface area contributed by atoms with Gasteiger partial charge in [-0.1, -0.05) is 24.3 Å². The van der Waals surface area contributed by atoms with Crippen molar-refractivity contribution in [3.05, 3.63) is 59.8 Å². The maximum atomic E-state index is 11.5. The fourth-order valence-corrected chi connectivity index (χ4v) is 3.58. The lowest BCUT2D eigenvalue weighted by atomic mass is 9.92. The molecule has 7 nitrogen and oxygen atoms in total. The van der Waals surface area contributed by atoms with Crippen LogP contribution in [0.2, 0.25) is 0 Å². The van der Waals surface area contributed by atoms with E-state index in [0.717, 1.165) is 24.2 Å². The molecule has 2 aromatic carbocycles. The Labute approximate surface area is 182 Å². The van der Waals surface area contributed by atoms with Gasteiger partial charge in [-0.2, -0.15) is 18.3 Å². The molecule has 4 N–H and O–H groups in total. The number of aromatic nitrogens is 2. The third-order valence-electron chi connectivity index (χ3n) is 5.08. The summed E-state index contributed by atoms with van der Waals surface area (Å²) in [6, 6.07) is 14.0. The van der Waals surface area contributed by atoms with Crippen LogP contribution in [0, 0.1) is 0 Å². The van der Waals surface area contributed by atoms with E-state index in [0.29, 0.717) is 17.0 Å². The van der Waals surface area contributed by atoms with Crippen molar-refractivity contribution in [2.75, 3.05) is 13.1 Å². The van der Waals surface area contributed by atoms with E-state index >= 15 is 0 Å². The summed E-state index contributed by atoms with van der Waals surface area (Å²) in [6.07, 6.45) is -1.94. The minimum Gasteiger partial charge on any atom is -0.481 e. The van der Waals surface area contributed by atoms with Crippen LogP contribution >= 0.6 is 0 Å². The molecule has 1 aliphatic heterocycles. The molecule has 0 radical (unpaired) electrons. The number of carboxylic acids is 1. The molecule has 0 bridgehead atoms. The molecule has 170 valence electrons. The van der Waals surface area contributed by atoms with Gasteiger partial charge >= 0.3 is 12.1 Å². The predicted octanol–water partition coefficient (Wildman–Crippen LogP) is 3.61. The van der Waals surface area contributed by atoms with Crippen LogP contribution in [-0.2, 0) is 4.79 Å². The van der Waals surface area contributed by atoms with Crippen molar-refractivity contribution in [1.82, 2.24) is 15.1 Å². The van der Waals surface area contributed by atoms with Gasteiger partial charge in [-0.15, -0.1) is 0 Å². The van der Waals surface area contributed by atoms with Crippen molar-refractivity contribution in [3.63, 3.8) is 0 Å². The topological polar surface area (TPSA) is 110 Å². The number of benzene rings is 2. The Balaban J connectivity index is 0.000000312. The maximum Gasteiger partial charge on any atom is 0.399 e. The van der Waals surface area contributed by atoms with Gasteiger partial charge in [-0.3, -0.25) is 9.59 Å². The number of nitrogens with two attached hydrogens (primary N) is 1. The van der Waals surface area contributed by atoms with Gasteiger partial charge in [0.25, 0.3) is 5.91 Å². The molecular formula is C22H23F3N4O3. The van der Waals surface area contributed by atoms with Crippen molar-refractivity contribution >= 4 is 22.8 Å². The van der Waals surface area contributed by atoms with Crippen molar-refractivity contribution < 1.29 is 27.9 Å². The maximum absolute atomic E-state index is 11.5. The van der Waals surface area contributed by atoms with Crippen LogP contribution in [0.5, 0.6) is 0 Å². The second-order valence-corrected chi connectivity index (χ2v) is 7.50. The van der Waals surface area contributed by atoms with Crippen molar-refractivity contribution in [3.8, 4) is 5.69 Å². The largest absolute Gasteiger partial charge is 0.481 e. The monoisotopic (exact) mass is 448 g/mol. The molecule has 3 aromatic rings. The molecule has 0 saturated carbocycles. The molecule has 1 amide bonds. The van der Waals surface area contributed by atoms with Gasteiger partial charge in [0, 0.05) is 18.1 Å². The second kappa shape index (κ2) is 9.82. The number of nitrogens with one attached hydrogen (secondary N) is 1. The highest BCUT2D eigenvalue weighted by Gasteiger charge is 2.30. The number of primary amides is 1. The van der Waals surface area contributed by atoms with Crippen molar-refractivity contribution in [2.45, 2.75) is 31.4 Å². The molecule has 1 saturated heterocycles. The first-order valence-electron chi connectivity index (χ1n) is 10.0. The van der Waals surface area contributed by atoms with Gasteiger partial charge in [0.1, 0.15) is 11.9 Å². The standard InChI is InChI=1S/C19H20N4O.C3H3F3O2/c20-19(24)17-5-1-3-15-12-23(22-18(15)17)16-8-6-13(7-9-16)14-4-2-10-21-11-14;4-3(5,6)1-2(7)8/h1,3,5-9,12,14,21H,2,4,10-11H2,(H2,20,24);1H2,(H,7,8). The predicted molar refractivity (Wildman–Crippen MR) is 113 cm³/mol. The molecule has 0 aliphatic carbocycles. The van der Waals surface area contributed by atoms with Crippen LogP contribution in [0.4, 0.5) is 13.2 Å². The number of carboxylic acid groups (broad SMARTS) is 1. The van der Waals surface area contributed by atoms with Crippen molar-refractivity contribution in [1.29, 1.82) is 0 Å². The van der Waals surface area contributed by atoms with Gasteiger partial charge in [0.15, 0.2) is 0 Å². The van der Waals surface area contributed by atoms with Crippen LogP contribution in [-0.4, -0.2) is 46.0 Å². The Morgan fingerprint density at radius 3 is 2.44 bits per heavy atom. The molecule has 1 atom stereocenters. The number of carbonyl (C=O) groups excluding carboxylic acids is 1. The lowest BCUT2D eigenvalue weighted by Gasteiger charge is -2.23. The summed E-state index contributed by atoms with van der Waals surface area (Å²) < 4.78 is 34.6. The van der Waals surface area contributed by atoms with Crippen LogP contribution in [0.25, 0.3) is 16.6 Å². The summed E-state index contributed by atoms with van der Waals surface area (Å²) in [5, 5.41) is 16.4. The highest BCUT2D eigenvalue weighted by molar-refractivity contribution is 6.04. The highest BCUT2D eigenvalue weighted by Crippen LogP contribution is 2.25. The molecule has 4 rings (SSSR count). The van der Waals surface area contributed by atoms with Crippen LogP contribution in [0.3, 0.4) is 0 Å². The first kappa shape index (κ1) is 23.3. The minimum absolute atomic E-state index is 0.453. The van der Waals surface area contributed by atoms with Gasteiger partial charge in [0.05, 0.1) is 11.3 Å². The zero-order valence-corrected chi connectivity index (χ0v) is 17.1. The average molecular weight is 448 g/mol. The summed E-state index contributed by atoms with van der Waals surface area (Å²) in [5.74, 6) is -1.71. The molecule has 0 spiro atoms. The SMILES string of the molecule is NC(=O)c1cccc2cn(-c3ccc(C4CCCNC4)cc3)nc12.O=C(O)CC(F)(F)F. The molecular weight excluding hydrogens is 425 g/mol. The number of amides is 1. The van der Waals surface area contributed by atoms with Gasteiger partial charge < -0.3 is 16.2 Å². The number of nitrogens with zero attached hydrogens (tertiary/aromatic N) is 2. The van der Waals surface area contributed by atoms with Crippen LogP contribution in [0.1, 0.15) is 41.1 Å². The number of hydrogen-bond donors (Lipinski definition) is 3. The highest BCUT2D eigenvalue weighted by atomic mass is 19.4. The normalized spacial score (nSPS) is 16.3.